The Morgan fingerprint density at radius 1 is 1.19 bits per heavy atom. The zero-order chi connectivity index (χ0) is 16.2. The number of benzene rings is 1. The number of anilines is 1. The Kier molecular flexibility index (Phi) is 5.29. The highest BCUT2D eigenvalue weighted by Crippen LogP contribution is 2.20. The number of aromatic carboxylic acids is 1. The molecule has 4 N–H and O–H groups in total. The molecule has 0 saturated carbocycles. The van der Waals surface area contributed by atoms with Crippen LogP contribution in [0.1, 0.15) is 28.4 Å². The minimum atomic E-state index is -1.06. The molecule has 1 atom stereocenters. The van der Waals surface area contributed by atoms with Gasteiger partial charge in [-0.2, -0.15) is 0 Å². The van der Waals surface area contributed by atoms with Gasteiger partial charge in [0.1, 0.15) is 6.04 Å². The van der Waals surface area contributed by atoms with E-state index in [1.165, 1.54) is 13.1 Å². The Bertz CT molecular complexity index is 584. The van der Waals surface area contributed by atoms with Crippen LogP contribution in [0.15, 0.2) is 12.1 Å². The lowest BCUT2D eigenvalue weighted by Crippen LogP contribution is -2.45. The first-order valence-corrected chi connectivity index (χ1v) is 6.40. The topological polar surface area (TPSA) is 108 Å². The van der Waals surface area contributed by atoms with Crippen LogP contribution in [-0.2, 0) is 4.79 Å². The first kappa shape index (κ1) is 16.5. The first-order valence-electron chi connectivity index (χ1n) is 6.40. The summed E-state index contributed by atoms with van der Waals surface area (Å²) in [5.41, 5.74) is 1.89. The fourth-order valence-corrected chi connectivity index (χ4v) is 1.80. The van der Waals surface area contributed by atoms with Crippen LogP contribution in [-0.4, -0.2) is 36.1 Å². The highest BCUT2D eigenvalue weighted by molar-refractivity contribution is 5.96. The van der Waals surface area contributed by atoms with Gasteiger partial charge in [-0.05, 0) is 44.0 Å². The zero-order valence-corrected chi connectivity index (χ0v) is 12.4. The van der Waals surface area contributed by atoms with Crippen molar-refractivity contribution in [2.45, 2.75) is 26.8 Å². The second-order valence-corrected chi connectivity index (χ2v) is 4.71. The Morgan fingerprint density at radius 3 is 2.33 bits per heavy atom. The highest BCUT2D eigenvalue weighted by Gasteiger charge is 2.15. The number of hydrogen-bond acceptors (Lipinski definition) is 3. The van der Waals surface area contributed by atoms with Crippen molar-refractivity contribution in [1.29, 1.82) is 0 Å². The number of urea groups is 1. The first-order chi connectivity index (χ1) is 9.76. The van der Waals surface area contributed by atoms with E-state index < -0.39 is 18.0 Å². The molecule has 0 radical (unpaired) electrons. The van der Waals surface area contributed by atoms with Gasteiger partial charge in [-0.15, -0.1) is 0 Å². The minimum Gasteiger partial charge on any atom is -0.478 e. The van der Waals surface area contributed by atoms with Crippen molar-refractivity contribution in [2.24, 2.45) is 0 Å². The number of carboxylic acids is 1. The quantitative estimate of drug-likeness (QED) is 0.670. The maximum atomic E-state index is 11.8. The van der Waals surface area contributed by atoms with Gasteiger partial charge in [0.2, 0.25) is 5.91 Å². The SMILES string of the molecule is CNC(=O)C(C)NC(=O)Nc1cc(C)c(C)c(C(=O)O)c1. The maximum absolute atomic E-state index is 11.8. The molecule has 1 rings (SSSR count). The van der Waals surface area contributed by atoms with Gasteiger partial charge in [-0.25, -0.2) is 9.59 Å². The predicted molar refractivity (Wildman–Crippen MR) is 78.6 cm³/mol. The number of carbonyl (C=O) groups excluding carboxylic acids is 2. The van der Waals surface area contributed by atoms with Crippen LogP contribution >= 0.6 is 0 Å². The third kappa shape index (κ3) is 4.20. The van der Waals surface area contributed by atoms with Crippen LogP contribution in [0.25, 0.3) is 0 Å². The molecule has 0 aliphatic rings. The third-order valence-corrected chi connectivity index (χ3v) is 3.14. The molecule has 0 aliphatic heterocycles. The number of aryl methyl sites for hydroxylation is 1. The van der Waals surface area contributed by atoms with Crippen molar-refractivity contribution in [2.75, 3.05) is 12.4 Å². The van der Waals surface area contributed by atoms with Crippen molar-refractivity contribution in [3.63, 3.8) is 0 Å². The smallest absolute Gasteiger partial charge is 0.336 e. The zero-order valence-electron chi connectivity index (χ0n) is 12.4. The second kappa shape index (κ2) is 6.74. The summed E-state index contributed by atoms with van der Waals surface area (Å²) in [6.45, 7) is 5.01. The van der Waals surface area contributed by atoms with Gasteiger partial charge in [0.25, 0.3) is 0 Å². The summed E-state index contributed by atoms with van der Waals surface area (Å²) in [5.74, 6) is -1.38. The van der Waals surface area contributed by atoms with Gasteiger partial charge in [-0.3, -0.25) is 4.79 Å². The van der Waals surface area contributed by atoms with Crippen LogP contribution in [0.3, 0.4) is 0 Å². The maximum Gasteiger partial charge on any atom is 0.336 e. The fourth-order valence-electron chi connectivity index (χ4n) is 1.80. The summed E-state index contributed by atoms with van der Waals surface area (Å²) in [4.78, 5) is 34.2. The molecule has 1 aromatic rings. The standard InChI is InChI=1S/C14H19N3O4/c1-7-5-10(6-11(8(7)2)13(19)20)17-14(21)16-9(3)12(18)15-4/h5-6,9H,1-4H3,(H,15,18)(H,19,20)(H2,16,17,21). The number of amides is 3. The highest BCUT2D eigenvalue weighted by atomic mass is 16.4. The van der Waals surface area contributed by atoms with Gasteiger partial charge < -0.3 is 21.1 Å². The van der Waals surface area contributed by atoms with Gasteiger partial charge in [0.05, 0.1) is 5.56 Å². The van der Waals surface area contributed by atoms with E-state index in [2.05, 4.69) is 16.0 Å². The molecule has 1 unspecified atom stereocenters. The van der Waals surface area contributed by atoms with E-state index in [4.69, 9.17) is 5.11 Å². The van der Waals surface area contributed by atoms with Crippen molar-refractivity contribution >= 4 is 23.6 Å². The van der Waals surface area contributed by atoms with E-state index in [1.807, 2.05) is 0 Å². The molecular formula is C14H19N3O4. The van der Waals surface area contributed by atoms with Gasteiger partial charge in [0, 0.05) is 12.7 Å². The normalized spacial score (nSPS) is 11.4. The second-order valence-electron chi connectivity index (χ2n) is 4.71. The summed E-state index contributed by atoms with van der Waals surface area (Å²) in [7, 11) is 1.47. The summed E-state index contributed by atoms with van der Waals surface area (Å²) >= 11 is 0. The molecule has 0 heterocycles. The molecule has 0 saturated heterocycles. The minimum absolute atomic E-state index is 0.129. The van der Waals surface area contributed by atoms with Gasteiger partial charge >= 0.3 is 12.0 Å². The number of nitrogens with one attached hydrogen (secondary N) is 3. The Balaban J connectivity index is 2.86. The molecule has 7 heteroatoms. The molecule has 0 fully saturated rings. The summed E-state index contributed by atoms with van der Waals surface area (Å²) < 4.78 is 0. The summed E-state index contributed by atoms with van der Waals surface area (Å²) in [6.07, 6.45) is 0. The fraction of sp³-hybridized carbons (Fsp3) is 0.357. The third-order valence-electron chi connectivity index (χ3n) is 3.14. The van der Waals surface area contributed by atoms with Gasteiger partial charge in [-0.1, -0.05) is 0 Å². The van der Waals surface area contributed by atoms with Crippen LogP contribution in [0.2, 0.25) is 0 Å². The number of carbonyl (C=O) groups is 3. The molecule has 0 bridgehead atoms. The average molecular weight is 293 g/mol. The Morgan fingerprint density at radius 2 is 1.81 bits per heavy atom. The van der Waals surface area contributed by atoms with Crippen molar-refractivity contribution < 1.29 is 19.5 Å². The monoisotopic (exact) mass is 293 g/mol. The average Bonchev–Trinajstić information content (AvgIpc) is 2.40. The molecule has 114 valence electrons. The van der Waals surface area contributed by atoms with Crippen LogP contribution in [0.4, 0.5) is 10.5 Å². The summed E-state index contributed by atoms with van der Waals surface area (Å²) in [5, 5.41) is 16.5. The molecule has 1 aromatic carbocycles. The lowest BCUT2D eigenvalue weighted by atomic mass is 10.0. The largest absolute Gasteiger partial charge is 0.478 e. The van der Waals surface area contributed by atoms with E-state index in [-0.39, 0.29) is 11.5 Å². The molecular weight excluding hydrogens is 274 g/mol. The molecule has 0 aliphatic carbocycles. The van der Waals surface area contributed by atoms with E-state index in [9.17, 15) is 14.4 Å². The number of hydrogen-bond donors (Lipinski definition) is 4. The number of likely N-dealkylation sites (N-methyl/N-ethyl adjacent to an activating group) is 1. The number of carboxylic acid groups (broad SMARTS) is 1. The molecule has 0 spiro atoms. The van der Waals surface area contributed by atoms with Crippen molar-refractivity contribution in [1.82, 2.24) is 10.6 Å². The van der Waals surface area contributed by atoms with Gasteiger partial charge in [0.15, 0.2) is 0 Å². The van der Waals surface area contributed by atoms with E-state index >= 15 is 0 Å². The Hall–Kier alpha value is -2.57. The van der Waals surface area contributed by atoms with E-state index in [1.54, 1.807) is 26.8 Å². The number of rotatable bonds is 4. The van der Waals surface area contributed by atoms with Crippen molar-refractivity contribution in [3.05, 3.63) is 28.8 Å². The van der Waals surface area contributed by atoms with Crippen LogP contribution in [0.5, 0.6) is 0 Å². The molecule has 0 aromatic heterocycles. The lowest BCUT2D eigenvalue weighted by molar-refractivity contribution is -0.122. The molecule has 21 heavy (non-hydrogen) atoms. The van der Waals surface area contributed by atoms with Crippen molar-refractivity contribution in [3.8, 4) is 0 Å². The van der Waals surface area contributed by atoms with Crippen LogP contribution in [0, 0.1) is 13.8 Å². The summed E-state index contributed by atoms with van der Waals surface area (Å²) in [6, 6.07) is 1.78. The van der Waals surface area contributed by atoms with E-state index in [0.29, 0.717) is 11.3 Å². The molecule has 7 nitrogen and oxygen atoms in total. The van der Waals surface area contributed by atoms with Crippen LogP contribution < -0.4 is 16.0 Å². The predicted octanol–water partition coefficient (Wildman–Crippen LogP) is 1.26. The van der Waals surface area contributed by atoms with E-state index in [0.717, 1.165) is 5.56 Å². The molecule has 3 amide bonds. The Labute approximate surface area is 122 Å². The lowest BCUT2D eigenvalue weighted by Gasteiger charge is -2.14.